The minimum absolute atomic E-state index is 0.466. The van der Waals surface area contributed by atoms with E-state index in [9.17, 15) is 0 Å². The van der Waals surface area contributed by atoms with Gasteiger partial charge in [-0.3, -0.25) is 0 Å². The van der Waals surface area contributed by atoms with Gasteiger partial charge in [-0.15, -0.1) is 0 Å². The third-order valence-electron chi connectivity index (χ3n) is 2.82. The van der Waals surface area contributed by atoms with Gasteiger partial charge in [0.15, 0.2) is 0 Å². The molecular formula is C13H21BrN2. The van der Waals surface area contributed by atoms with Crippen LogP contribution in [-0.4, -0.2) is 20.1 Å². The quantitative estimate of drug-likeness (QED) is 0.900. The zero-order valence-electron chi connectivity index (χ0n) is 10.7. The molecule has 0 aromatic heterocycles. The van der Waals surface area contributed by atoms with Crippen molar-refractivity contribution in [2.24, 2.45) is 5.92 Å². The highest BCUT2D eigenvalue weighted by Crippen LogP contribution is 2.29. The first-order chi connectivity index (χ1) is 7.41. The van der Waals surface area contributed by atoms with Crippen molar-refractivity contribution in [2.75, 3.05) is 24.3 Å². The van der Waals surface area contributed by atoms with Gasteiger partial charge in [-0.2, -0.15) is 0 Å². The molecule has 1 unspecified atom stereocenters. The average Bonchev–Trinajstić information content (AvgIpc) is 2.16. The van der Waals surface area contributed by atoms with Gasteiger partial charge in [0, 0.05) is 24.6 Å². The van der Waals surface area contributed by atoms with Crippen LogP contribution >= 0.6 is 15.9 Å². The standard InChI is InChI=1S/C13H21BrN2/c1-9(2)10(3)15-12-8-11(14)6-7-13(12)16(4)5/h6-10,15H,1-5H3. The Kier molecular flexibility index (Phi) is 4.66. The van der Waals surface area contributed by atoms with Crippen LogP contribution in [0.1, 0.15) is 20.8 Å². The van der Waals surface area contributed by atoms with Crippen LogP contribution < -0.4 is 10.2 Å². The fourth-order valence-corrected chi connectivity index (χ4v) is 1.79. The van der Waals surface area contributed by atoms with Crippen molar-refractivity contribution in [2.45, 2.75) is 26.8 Å². The predicted molar refractivity (Wildman–Crippen MR) is 76.4 cm³/mol. The zero-order valence-corrected chi connectivity index (χ0v) is 12.3. The Morgan fingerprint density at radius 3 is 2.31 bits per heavy atom. The summed E-state index contributed by atoms with van der Waals surface area (Å²) in [5, 5.41) is 3.56. The second kappa shape index (κ2) is 5.58. The van der Waals surface area contributed by atoms with Crippen LogP contribution in [0.2, 0.25) is 0 Å². The molecular weight excluding hydrogens is 264 g/mol. The predicted octanol–water partition coefficient (Wildman–Crippen LogP) is 3.97. The summed E-state index contributed by atoms with van der Waals surface area (Å²) in [5.41, 5.74) is 2.40. The minimum Gasteiger partial charge on any atom is -0.381 e. The molecule has 1 rings (SSSR count). The molecule has 0 aliphatic carbocycles. The lowest BCUT2D eigenvalue weighted by atomic mass is 10.1. The van der Waals surface area contributed by atoms with Gasteiger partial charge in [0.05, 0.1) is 11.4 Å². The van der Waals surface area contributed by atoms with Crippen LogP contribution in [0.5, 0.6) is 0 Å². The topological polar surface area (TPSA) is 15.3 Å². The van der Waals surface area contributed by atoms with Gasteiger partial charge in [0.2, 0.25) is 0 Å². The Bertz CT molecular complexity index is 348. The summed E-state index contributed by atoms with van der Waals surface area (Å²) >= 11 is 3.51. The van der Waals surface area contributed by atoms with Crippen LogP contribution in [-0.2, 0) is 0 Å². The van der Waals surface area contributed by atoms with E-state index in [1.807, 2.05) is 0 Å². The Balaban J connectivity index is 2.96. The normalized spacial score (nSPS) is 12.7. The molecule has 0 bridgehead atoms. The van der Waals surface area contributed by atoms with Gasteiger partial charge in [0.1, 0.15) is 0 Å². The number of nitrogens with one attached hydrogen (secondary N) is 1. The van der Waals surface area contributed by atoms with E-state index >= 15 is 0 Å². The molecule has 1 aromatic carbocycles. The van der Waals surface area contributed by atoms with Crippen molar-refractivity contribution < 1.29 is 0 Å². The van der Waals surface area contributed by atoms with Gasteiger partial charge in [0.25, 0.3) is 0 Å². The molecule has 1 N–H and O–H groups in total. The van der Waals surface area contributed by atoms with Crippen LogP contribution in [0.3, 0.4) is 0 Å². The van der Waals surface area contributed by atoms with Crippen LogP contribution in [0.4, 0.5) is 11.4 Å². The molecule has 0 amide bonds. The molecule has 0 fully saturated rings. The lowest BCUT2D eigenvalue weighted by Crippen LogP contribution is -2.23. The molecule has 1 atom stereocenters. The first kappa shape index (κ1) is 13.4. The Morgan fingerprint density at radius 1 is 1.19 bits per heavy atom. The number of nitrogens with zero attached hydrogens (tertiary/aromatic N) is 1. The molecule has 0 spiro atoms. The molecule has 0 heterocycles. The molecule has 0 aliphatic rings. The highest BCUT2D eigenvalue weighted by molar-refractivity contribution is 9.10. The monoisotopic (exact) mass is 284 g/mol. The summed E-state index contributed by atoms with van der Waals surface area (Å²) < 4.78 is 1.11. The number of hydrogen-bond donors (Lipinski definition) is 1. The SMILES string of the molecule is CC(C)C(C)Nc1cc(Br)ccc1N(C)C. The summed E-state index contributed by atoms with van der Waals surface area (Å²) in [6.45, 7) is 6.67. The molecule has 1 aromatic rings. The smallest absolute Gasteiger partial charge is 0.0597 e. The van der Waals surface area contributed by atoms with Crippen LogP contribution in [0.25, 0.3) is 0 Å². The fourth-order valence-electron chi connectivity index (χ4n) is 1.43. The van der Waals surface area contributed by atoms with Crippen molar-refractivity contribution >= 4 is 27.3 Å². The van der Waals surface area contributed by atoms with E-state index < -0.39 is 0 Å². The number of halogens is 1. The second-order valence-corrected chi connectivity index (χ2v) is 5.65. The van der Waals surface area contributed by atoms with Gasteiger partial charge in [-0.05, 0) is 31.0 Å². The second-order valence-electron chi connectivity index (χ2n) is 4.73. The van der Waals surface area contributed by atoms with E-state index in [-0.39, 0.29) is 0 Å². The van der Waals surface area contributed by atoms with Crippen molar-refractivity contribution in [1.29, 1.82) is 0 Å². The summed E-state index contributed by atoms with van der Waals surface area (Å²) in [6, 6.07) is 6.79. The maximum atomic E-state index is 3.56. The third kappa shape index (κ3) is 3.41. The summed E-state index contributed by atoms with van der Waals surface area (Å²) in [7, 11) is 4.13. The Hall–Kier alpha value is -0.700. The van der Waals surface area contributed by atoms with E-state index in [0.717, 1.165) is 4.47 Å². The van der Waals surface area contributed by atoms with Crippen molar-refractivity contribution in [1.82, 2.24) is 0 Å². The molecule has 3 heteroatoms. The van der Waals surface area contributed by atoms with Gasteiger partial charge in [-0.25, -0.2) is 0 Å². The van der Waals surface area contributed by atoms with Crippen LogP contribution in [0, 0.1) is 5.92 Å². The average molecular weight is 285 g/mol. The van der Waals surface area contributed by atoms with E-state index in [1.165, 1.54) is 11.4 Å². The van der Waals surface area contributed by atoms with Gasteiger partial charge in [-0.1, -0.05) is 29.8 Å². The molecule has 0 saturated carbocycles. The van der Waals surface area contributed by atoms with Gasteiger partial charge < -0.3 is 10.2 Å². The summed E-state index contributed by atoms with van der Waals surface area (Å²) in [5.74, 6) is 0.619. The molecule has 0 radical (unpaired) electrons. The van der Waals surface area contributed by atoms with Gasteiger partial charge >= 0.3 is 0 Å². The molecule has 2 nitrogen and oxygen atoms in total. The summed E-state index contributed by atoms with van der Waals surface area (Å²) in [6.07, 6.45) is 0. The summed E-state index contributed by atoms with van der Waals surface area (Å²) in [4.78, 5) is 2.13. The number of benzene rings is 1. The van der Waals surface area contributed by atoms with Crippen molar-refractivity contribution in [3.05, 3.63) is 22.7 Å². The van der Waals surface area contributed by atoms with Crippen molar-refractivity contribution in [3.8, 4) is 0 Å². The first-order valence-electron chi connectivity index (χ1n) is 5.65. The largest absolute Gasteiger partial charge is 0.381 e. The van der Waals surface area contributed by atoms with E-state index in [4.69, 9.17) is 0 Å². The first-order valence-corrected chi connectivity index (χ1v) is 6.44. The minimum atomic E-state index is 0.466. The van der Waals surface area contributed by atoms with E-state index in [0.29, 0.717) is 12.0 Å². The highest BCUT2D eigenvalue weighted by Gasteiger charge is 2.10. The van der Waals surface area contributed by atoms with Crippen molar-refractivity contribution in [3.63, 3.8) is 0 Å². The Labute approximate surface area is 107 Å². The van der Waals surface area contributed by atoms with Crippen LogP contribution in [0.15, 0.2) is 22.7 Å². The molecule has 16 heavy (non-hydrogen) atoms. The van der Waals surface area contributed by atoms with E-state index in [1.54, 1.807) is 0 Å². The maximum absolute atomic E-state index is 3.56. The third-order valence-corrected chi connectivity index (χ3v) is 3.32. The highest BCUT2D eigenvalue weighted by atomic mass is 79.9. The fraction of sp³-hybridized carbons (Fsp3) is 0.538. The lowest BCUT2D eigenvalue weighted by molar-refractivity contribution is 0.560. The number of rotatable bonds is 4. The number of hydrogen-bond acceptors (Lipinski definition) is 2. The maximum Gasteiger partial charge on any atom is 0.0597 e. The lowest BCUT2D eigenvalue weighted by Gasteiger charge is -2.24. The number of anilines is 2. The molecule has 90 valence electrons. The molecule has 0 saturated heterocycles. The Morgan fingerprint density at radius 2 is 1.81 bits per heavy atom. The van der Waals surface area contributed by atoms with E-state index in [2.05, 4.69) is 79.2 Å². The molecule has 0 aliphatic heterocycles. The zero-order chi connectivity index (χ0) is 12.3.